The van der Waals surface area contributed by atoms with Crippen LogP contribution >= 0.6 is 0 Å². The minimum atomic E-state index is -0.351. The van der Waals surface area contributed by atoms with E-state index in [-0.39, 0.29) is 17.5 Å². The summed E-state index contributed by atoms with van der Waals surface area (Å²) in [7, 11) is 6.48. The van der Waals surface area contributed by atoms with Crippen molar-refractivity contribution in [2.45, 2.75) is 271 Å². The molecule has 0 fully saturated rings. The number of rotatable bonds is 52. The summed E-state index contributed by atoms with van der Waals surface area (Å²) in [6.45, 7) is 8.99. The second kappa shape index (κ2) is 52.5. The van der Waals surface area contributed by atoms with Gasteiger partial charge in [0.2, 0.25) is 0 Å². The van der Waals surface area contributed by atoms with Crippen LogP contribution in [0.2, 0.25) is 0 Å². The highest BCUT2D eigenvalue weighted by Gasteiger charge is 2.32. The summed E-state index contributed by atoms with van der Waals surface area (Å²) in [6.07, 6.45) is 72.7. The van der Waals surface area contributed by atoms with E-state index < -0.39 is 0 Å². The van der Waals surface area contributed by atoms with Crippen molar-refractivity contribution < 1.29 is 23.5 Å². The molecule has 0 aromatic carbocycles. The van der Waals surface area contributed by atoms with Crippen LogP contribution in [0.25, 0.3) is 0 Å². The molecule has 6 heteroatoms. The molecular formula is C64H117N2O4+. The Kier molecular flexibility index (Phi) is 50.3. The lowest BCUT2D eigenvalue weighted by atomic mass is 9.78. The quantitative estimate of drug-likeness (QED) is 0.0285. The fraction of sp³-hybridized carbons (Fsp3) is 0.781. The van der Waals surface area contributed by atoms with Crippen molar-refractivity contribution in [3.8, 4) is 0 Å². The van der Waals surface area contributed by atoms with E-state index in [1.165, 1.54) is 167 Å². The van der Waals surface area contributed by atoms with Gasteiger partial charge in [-0.2, -0.15) is 0 Å². The van der Waals surface area contributed by atoms with Gasteiger partial charge in [0.25, 0.3) is 0 Å². The third kappa shape index (κ3) is 51.5. The van der Waals surface area contributed by atoms with Crippen LogP contribution < -0.4 is 5.32 Å². The number of quaternary nitrogens is 1. The summed E-state index contributed by atoms with van der Waals surface area (Å²) >= 11 is 0. The highest BCUT2D eigenvalue weighted by molar-refractivity contribution is 5.69. The number of carbonyl (C=O) groups is 2. The molecule has 0 aromatic heterocycles. The van der Waals surface area contributed by atoms with Crippen molar-refractivity contribution in [2.24, 2.45) is 5.41 Å². The van der Waals surface area contributed by atoms with Crippen molar-refractivity contribution in [3.63, 3.8) is 0 Å². The number of alkyl carbamates (subject to hydrolysis) is 1. The maximum absolute atomic E-state index is 13.3. The first-order chi connectivity index (χ1) is 34.2. The van der Waals surface area contributed by atoms with Crippen LogP contribution in [0.15, 0.2) is 72.9 Å². The van der Waals surface area contributed by atoms with Crippen molar-refractivity contribution in [3.05, 3.63) is 72.9 Å². The minimum Gasteiger partial charge on any atom is -0.465 e. The number of amides is 1. The molecule has 70 heavy (non-hydrogen) atoms. The minimum absolute atomic E-state index is 0.0907. The second-order valence-electron chi connectivity index (χ2n) is 21.7. The van der Waals surface area contributed by atoms with Gasteiger partial charge in [-0.1, -0.05) is 216 Å². The molecule has 0 unspecified atom stereocenters. The molecule has 1 amide bonds. The Balaban J connectivity index is 5.26. The smallest absolute Gasteiger partial charge is 0.407 e. The van der Waals surface area contributed by atoms with Gasteiger partial charge >= 0.3 is 12.1 Å². The molecule has 0 aliphatic heterocycles. The van der Waals surface area contributed by atoms with E-state index in [0.717, 1.165) is 88.1 Å². The molecule has 1 N–H and O–H groups in total. The zero-order valence-electron chi connectivity index (χ0n) is 47.4. The number of carbonyl (C=O) groups excluding carboxylic acids is 2. The summed E-state index contributed by atoms with van der Waals surface area (Å²) < 4.78 is 12.7. The van der Waals surface area contributed by atoms with Crippen LogP contribution in [-0.4, -0.2) is 64.0 Å². The van der Waals surface area contributed by atoms with E-state index in [0.29, 0.717) is 26.2 Å². The number of nitrogens with one attached hydrogen (secondary N) is 1. The molecule has 0 atom stereocenters. The molecule has 406 valence electrons. The second-order valence-corrected chi connectivity index (χ2v) is 21.7. The van der Waals surface area contributed by atoms with E-state index in [9.17, 15) is 9.59 Å². The molecule has 0 saturated carbocycles. The third-order valence-electron chi connectivity index (χ3n) is 13.5. The topological polar surface area (TPSA) is 64.6 Å². The van der Waals surface area contributed by atoms with Gasteiger partial charge in [-0.15, -0.1) is 0 Å². The first kappa shape index (κ1) is 67.1. The highest BCUT2D eigenvalue weighted by Crippen LogP contribution is 2.33. The van der Waals surface area contributed by atoms with Crippen LogP contribution in [0.3, 0.4) is 0 Å². The molecule has 0 rings (SSSR count). The molecule has 0 radical (unpaired) electrons. The lowest BCUT2D eigenvalue weighted by molar-refractivity contribution is -0.870. The zero-order chi connectivity index (χ0) is 51.2. The number of nitrogens with zero attached hydrogens (tertiary/aromatic N) is 1. The van der Waals surface area contributed by atoms with Gasteiger partial charge in [-0.05, 0) is 116 Å². The fourth-order valence-electron chi connectivity index (χ4n) is 8.87. The van der Waals surface area contributed by atoms with Crippen molar-refractivity contribution in [1.29, 1.82) is 0 Å². The molecule has 0 saturated heterocycles. The Morgan fingerprint density at radius 2 is 0.757 bits per heavy atom. The molecule has 0 spiro atoms. The molecular weight excluding hydrogens is 861 g/mol. The summed E-state index contributed by atoms with van der Waals surface area (Å²) in [5.41, 5.74) is -0.292. The average Bonchev–Trinajstić information content (AvgIpc) is 3.34. The zero-order valence-corrected chi connectivity index (χ0v) is 47.4. The number of allylic oxidation sites excluding steroid dienone is 12. The summed E-state index contributed by atoms with van der Waals surface area (Å²) in [5, 5.41) is 3.17. The van der Waals surface area contributed by atoms with E-state index >= 15 is 0 Å². The Hall–Kier alpha value is -2.86. The highest BCUT2D eigenvalue weighted by atomic mass is 16.5. The molecule has 0 bridgehead atoms. The maximum Gasteiger partial charge on any atom is 0.407 e. The molecule has 0 aromatic rings. The third-order valence-corrected chi connectivity index (χ3v) is 13.5. The van der Waals surface area contributed by atoms with Crippen LogP contribution in [-0.2, 0) is 14.3 Å². The first-order valence-corrected chi connectivity index (χ1v) is 29.9. The van der Waals surface area contributed by atoms with Gasteiger partial charge < -0.3 is 19.3 Å². The Bertz CT molecular complexity index is 1270. The van der Waals surface area contributed by atoms with Gasteiger partial charge in [0.1, 0.15) is 0 Å². The van der Waals surface area contributed by atoms with Crippen molar-refractivity contribution in [1.82, 2.24) is 5.32 Å². The summed E-state index contributed by atoms with van der Waals surface area (Å²) in [6, 6.07) is 0. The lowest BCUT2D eigenvalue weighted by Gasteiger charge is -2.34. The normalized spacial score (nSPS) is 12.7. The summed E-state index contributed by atoms with van der Waals surface area (Å²) in [5.74, 6) is -0.0907. The average molecular weight is 979 g/mol. The van der Waals surface area contributed by atoms with E-state index in [1.807, 2.05) is 0 Å². The predicted octanol–water partition coefficient (Wildman–Crippen LogP) is 19.6. The number of ether oxygens (including phenoxy) is 2. The van der Waals surface area contributed by atoms with Crippen molar-refractivity contribution in [2.75, 3.05) is 47.4 Å². The first-order valence-electron chi connectivity index (χ1n) is 29.9. The van der Waals surface area contributed by atoms with Crippen LogP contribution in [0.4, 0.5) is 4.79 Å². The Morgan fingerprint density at radius 1 is 0.414 bits per heavy atom. The van der Waals surface area contributed by atoms with Gasteiger partial charge in [-0.25, -0.2) is 4.79 Å². The molecule has 0 heterocycles. The molecule has 0 aliphatic carbocycles. The fourth-order valence-corrected chi connectivity index (χ4v) is 8.87. The van der Waals surface area contributed by atoms with Gasteiger partial charge in [0, 0.05) is 24.8 Å². The molecule has 6 nitrogen and oxygen atoms in total. The Labute approximate surface area is 436 Å². The van der Waals surface area contributed by atoms with E-state index in [4.69, 9.17) is 9.47 Å². The molecule has 0 aliphatic rings. The number of esters is 1. The van der Waals surface area contributed by atoms with Gasteiger partial charge in [-0.3, -0.25) is 4.79 Å². The predicted molar refractivity (Wildman–Crippen MR) is 308 cm³/mol. The number of hydrogen-bond acceptors (Lipinski definition) is 4. The van der Waals surface area contributed by atoms with E-state index in [2.05, 4.69) is 120 Å². The van der Waals surface area contributed by atoms with Crippen LogP contribution in [0.1, 0.15) is 271 Å². The SMILES string of the molecule is CCCCC/C=C\C/C=C\CCCCCCCCC(CCCCCCCC/C=C\C/C=C\CCCCC)(CNC(=O)OCCC[N+](C)(C)C)COC(=O)CCCCCCC/C=C\C/C=C\CCCCC. The maximum atomic E-state index is 13.3. The van der Waals surface area contributed by atoms with Gasteiger partial charge in [0.15, 0.2) is 0 Å². The summed E-state index contributed by atoms with van der Waals surface area (Å²) in [4.78, 5) is 26.4. The standard InChI is InChI=1S/C64H116N2O4/c1-7-10-13-16-19-22-25-28-31-34-37-40-43-46-49-52-56-64(60-65-63(68)69-59-54-58-66(4,5)6,57-53-50-47-44-41-38-35-32-29-26-23-20-17-14-11-8-2)61-70-62(67)55-51-48-45-42-39-36-33-30-27-24-21-18-15-12-9-3/h19-24,28-33H,7-18,25-27,34-61H2,1-6H3/p+1/b22-19-,23-20-,24-21-,31-28-,32-29-,33-30-. The van der Waals surface area contributed by atoms with Crippen molar-refractivity contribution >= 4 is 12.1 Å². The van der Waals surface area contributed by atoms with Crippen LogP contribution in [0, 0.1) is 5.41 Å². The van der Waals surface area contributed by atoms with Crippen LogP contribution in [0.5, 0.6) is 0 Å². The lowest BCUT2D eigenvalue weighted by Crippen LogP contribution is -2.42. The monoisotopic (exact) mass is 978 g/mol. The number of unbranched alkanes of at least 4 members (excludes halogenated alkanes) is 26. The largest absolute Gasteiger partial charge is 0.465 e. The Morgan fingerprint density at radius 3 is 1.13 bits per heavy atom. The van der Waals surface area contributed by atoms with Gasteiger partial charge in [0.05, 0.1) is 40.9 Å². The van der Waals surface area contributed by atoms with E-state index in [1.54, 1.807) is 0 Å². The number of hydrogen-bond donors (Lipinski definition) is 1.